The topological polar surface area (TPSA) is 84.3 Å². The Kier molecular flexibility index (Phi) is 9.03. The van der Waals surface area contributed by atoms with Gasteiger partial charge in [-0.25, -0.2) is 4.98 Å². The zero-order valence-corrected chi connectivity index (χ0v) is 21.2. The molecule has 1 aliphatic heterocycles. The minimum atomic E-state index is -0.438. The second-order valence-electron chi connectivity index (χ2n) is 10.0. The number of ketones is 1. The van der Waals surface area contributed by atoms with E-state index in [0.29, 0.717) is 28.4 Å². The highest BCUT2D eigenvalue weighted by Gasteiger charge is 2.20. The first-order valence-corrected chi connectivity index (χ1v) is 12.4. The summed E-state index contributed by atoms with van der Waals surface area (Å²) in [6, 6.07) is 6.99. The molecule has 1 aromatic carbocycles. The van der Waals surface area contributed by atoms with Gasteiger partial charge in [-0.1, -0.05) is 30.2 Å². The summed E-state index contributed by atoms with van der Waals surface area (Å²) >= 11 is 6.14. The number of piperidine rings is 1. The van der Waals surface area contributed by atoms with Crippen LogP contribution in [0.15, 0.2) is 35.3 Å². The van der Waals surface area contributed by atoms with Crippen molar-refractivity contribution in [3.8, 4) is 11.4 Å². The largest absolute Gasteiger partial charge is 0.350 e. The number of Topliss-reactive ketones (excluding diaryl/α,β-unsaturated/α-hetero) is 1. The van der Waals surface area contributed by atoms with Crippen LogP contribution in [0.5, 0.6) is 0 Å². The molecule has 0 spiro atoms. The summed E-state index contributed by atoms with van der Waals surface area (Å²) in [5.74, 6) is 0.0552. The molecule has 1 amide bonds. The Morgan fingerprint density at radius 1 is 1.15 bits per heavy atom. The van der Waals surface area contributed by atoms with E-state index in [-0.39, 0.29) is 30.2 Å². The summed E-state index contributed by atoms with van der Waals surface area (Å²) in [5, 5.41) is 3.39. The van der Waals surface area contributed by atoms with Crippen molar-refractivity contribution in [2.45, 2.75) is 71.4 Å². The van der Waals surface area contributed by atoms with Gasteiger partial charge in [-0.15, -0.1) is 0 Å². The third-order valence-corrected chi connectivity index (χ3v) is 6.02. The van der Waals surface area contributed by atoms with Crippen LogP contribution in [0.4, 0.5) is 0 Å². The van der Waals surface area contributed by atoms with Crippen molar-refractivity contribution in [2.24, 2.45) is 0 Å². The number of halogens is 1. The quantitative estimate of drug-likeness (QED) is 0.581. The molecule has 1 aliphatic rings. The molecule has 2 heterocycles. The van der Waals surface area contributed by atoms with Crippen LogP contribution in [0, 0.1) is 0 Å². The highest BCUT2D eigenvalue weighted by molar-refractivity contribution is 6.30. The zero-order valence-electron chi connectivity index (χ0n) is 20.4. The van der Waals surface area contributed by atoms with Gasteiger partial charge in [0.25, 0.3) is 5.56 Å². The third kappa shape index (κ3) is 7.77. The summed E-state index contributed by atoms with van der Waals surface area (Å²) in [4.78, 5) is 45.5. The predicted octanol–water partition coefficient (Wildman–Crippen LogP) is 3.86. The fourth-order valence-electron chi connectivity index (χ4n) is 4.24. The van der Waals surface area contributed by atoms with Crippen molar-refractivity contribution in [3.05, 3.63) is 51.4 Å². The molecule has 0 atom stereocenters. The molecule has 34 heavy (non-hydrogen) atoms. The molecule has 1 fully saturated rings. The summed E-state index contributed by atoms with van der Waals surface area (Å²) in [6.45, 7) is 8.56. The van der Waals surface area contributed by atoms with E-state index in [1.54, 1.807) is 24.3 Å². The van der Waals surface area contributed by atoms with Gasteiger partial charge in [0, 0.05) is 40.7 Å². The smallest absolute Gasteiger partial charge is 0.257 e. The Hall–Kier alpha value is -2.51. The van der Waals surface area contributed by atoms with Gasteiger partial charge >= 0.3 is 0 Å². The third-order valence-electron chi connectivity index (χ3n) is 5.78. The van der Waals surface area contributed by atoms with E-state index in [4.69, 9.17) is 11.6 Å². The van der Waals surface area contributed by atoms with E-state index in [1.165, 1.54) is 30.0 Å². The molecule has 1 N–H and O–H groups in total. The van der Waals surface area contributed by atoms with Gasteiger partial charge in [-0.3, -0.25) is 19.0 Å². The number of amides is 1. The molecule has 0 radical (unpaired) electrons. The average Bonchev–Trinajstić information content (AvgIpc) is 2.76. The Labute approximate surface area is 206 Å². The van der Waals surface area contributed by atoms with Crippen molar-refractivity contribution in [1.29, 1.82) is 0 Å². The Morgan fingerprint density at radius 3 is 2.56 bits per heavy atom. The number of nitrogens with one attached hydrogen (secondary N) is 1. The maximum absolute atomic E-state index is 13.4. The van der Waals surface area contributed by atoms with Gasteiger partial charge in [0.05, 0.1) is 0 Å². The Balaban J connectivity index is 1.78. The number of benzene rings is 1. The van der Waals surface area contributed by atoms with Crippen molar-refractivity contribution in [3.63, 3.8) is 0 Å². The number of rotatable bonds is 9. The summed E-state index contributed by atoms with van der Waals surface area (Å²) in [7, 11) is 0. The fourth-order valence-corrected chi connectivity index (χ4v) is 4.43. The van der Waals surface area contributed by atoms with Crippen LogP contribution in [-0.2, 0) is 22.6 Å². The molecule has 0 bridgehead atoms. The normalized spacial score (nSPS) is 14.7. The van der Waals surface area contributed by atoms with Crippen LogP contribution in [0.25, 0.3) is 11.4 Å². The molecule has 2 aromatic rings. The van der Waals surface area contributed by atoms with E-state index < -0.39 is 5.54 Å². The van der Waals surface area contributed by atoms with E-state index in [9.17, 15) is 14.4 Å². The molecule has 3 rings (SSSR count). The van der Waals surface area contributed by atoms with Crippen LogP contribution in [0.3, 0.4) is 0 Å². The number of carbonyl (C=O) groups is 2. The fraction of sp³-hybridized carbons (Fsp3) is 0.538. The zero-order chi connectivity index (χ0) is 24.7. The summed E-state index contributed by atoms with van der Waals surface area (Å²) < 4.78 is 1.34. The van der Waals surface area contributed by atoms with Crippen LogP contribution in [0.2, 0.25) is 5.02 Å². The minimum absolute atomic E-state index is 0.0112. The minimum Gasteiger partial charge on any atom is -0.350 e. The van der Waals surface area contributed by atoms with Gasteiger partial charge in [0.2, 0.25) is 5.91 Å². The molecule has 0 unspecified atom stereocenters. The lowest BCUT2D eigenvalue weighted by molar-refractivity contribution is -0.123. The molecule has 8 heteroatoms. The first-order chi connectivity index (χ1) is 16.1. The summed E-state index contributed by atoms with van der Waals surface area (Å²) in [5.41, 5.74) is 0.120. The van der Waals surface area contributed by atoms with Crippen LogP contribution in [-0.4, -0.2) is 51.3 Å². The SMILES string of the molecule is CC(C)(C)NC(=O)Cn1c(-c2cccc(Cl)c2)ncc(CC(=O)CCCN2CCCCC2)c1=O. The number of carbonyl (C=O) groups excluding carboxylic acids is 2. The Bertz CT molecular complexity index is 1070. The number of likely N-dealkylation sites (tertiary alicyclic amines) is 1. The van der Waals surface area contributed by atoms with Crippen LogP contribution < -0.4 is 10.9 Å². The van der Waals surface area contributed by atoms with E-state index in [0.717, 1.165) is 26.1 Å². The maximum atomic E-state index is 13.4. The second-order valence-corrected chi connectivity index (χ2v) is 10.5. The number of aromatic nitrogens is 2. The lowest BCUT2D eigenvalue weighted by Crippen LogP contribution is -2.44. The maximum Gasteiger partial charge on any atom is 0.257 e. The van der Waals surface area contributed by atoms with Gasteiger partial charge in [0.15, 0.2) is 0 Å². The first-order valence-electron chi connectivity index (χ1n) is 12.0. The number of nitrogens with zero attached hydrogens (tertiary/aromatic N) is 3. The molecular formula is C26H35ClN4O3. The van der Waals surface area contributed by atoms with Gasteiger partial charge in [0.1, 0.15) is 18.2 Å². The summed E-state index contributed by atoms with van der Waals surface area (Å²) in [6.07, 6.45) is 6.42. The molecule has 1 aromatic heterocycles. The van der Waals surface area contributed by atoms with Gasteiger partial charge < -0.3 is 10.2 Å². The lowest BCUT2D eigenvalue weighted by atomic mass is 10.1. The van der Waals surface area contributed by atoms with E-state index >= 15 is 0 Å². The monoisotopic (exact) mass is 486 g/mol. The molecule has 0 aliphatic carbocycles. The van der Waals surface area contributed by atoms with E-state index in [1.807, 2.05) is 20.8 Å². The van der Waals surface area contributed by atoms with Crippen LogP contribution >= 0.6 is 11.6 Å². The van der Waals surface area contributed by atoms with Gasteiger partial charge in [-0.05, 0) is 71.8 Å². The van der Waals surface area contributed by atoms with Crippen molar-refractivity contribution >= 4 is 23.3 Å². The van der Waals surface area contributed by atoms with E-state index in [2.05, 4.69) is 15.2 Å². The van der Waals surface area contributed by atoms with Crippen molar-refractivity contribution in [2.75, 3.05) is 19.6 Å². The standard InChI is InChI=1S/C26H35ClN4O3/c1-26(2,3)29-23(33)18-31-24(19-9-7-10-21(27)15-19)28-17-20(25(31)34)16-22(32)11-8-14-30-12-5-4-6-13-30/h7,9-10,15,17H,4-6,8,11-14,16,18H2,1-3H3,(H,29,33). The molecule has 1 saturated heterocycles. The van der Waals surface area contributed by atoms with Crippen LogP contribution in [0.1, 0.15) is 58.4 Å². The number of hydrogen-bond acceptors (Lipinski definition) is 5. The van der Waals surface area contributed by atoms with Gasteiger partial charge in [-0.2, -0.15) is 0 Å². The lowest BCUT2D eigenvalue weighted by Gasteiger charge is -2.26. The Morgan fingerprint density at radius 2 is 1.88 bits per heavy atom. The number of hydrogen-bond donors (Lipinski definition) is 1. The molecule has 184 valence electrons. The van der Waals surface area contributed by atoms with Crippen molar-refractivity contribution < 1.29 is 9.59 Å². The predicted molar refractivity (Wildman–Crippen MR) is 135 cm³/mol. The first kappa shape index (κ1) is 26.1. The second kappa shape index (κ2) is 11.8. The highest BCUT2D eigenvalue weighted by atomic mass is 35.5. The molecule has 7 nitrogen and oxygen atoms in total. The molecule has 0 saturated carbocycles. The highest BCUT2D eigenvalue weighted by Crippen LogP contribution is 2.20. The average molecular weight is 487 g/mol. The van der Waals surface area contributed by atoms with Crippen molar-refractivity contribution in [1.82, 2.24) is 19.8 Å². The molecular weight excluding hydrogens is 452 g/mol.